The van der Waals surface area contributed by atoms with Gasteiger partial charge in [0.2, 0.25) is 0 Å². The van der Waals surface area contributed by atoms with Crippen LogP contribution in [-0.2, 0) is 0 Å². The number of primary amides is 1. The highest BCUT2D eigenvalue weighted by molar-refractivity contribution is 14.1. The van der Waals surface area contributed by atoms with Crippen molar-refractivity contribution in [2.45, 2.75) is 6.43 Å². The Labute approximate surface area is 90.6 Å². The van der Waals surface area contributed by atoms with Gasteiger partial charge in [-0.3, -0.25) is 4.79 Å². The van der Waals surface area contributed by atoms with Gasteiger partial charge < -0.3 is 5.73 Å². The highest BCUT2D eigenvalue weighted by Crippen LogP contribution is 2.24. The summed E-state index contributed by atoms with van der Waals surface area (Å²) in [5.41, 5.74) is 3.14. The van der Waals surface area contributed by atoms with Gasteiger partial charge in [-0.15, -0.1) is 0 Å². The fraction of sp³-hybridized carbons (Fsp3) is 0.143. The van der Waals surface area contributed by atoms with E-state index in [2.05, 4.69) is 4.98 Å². The Balaban J connectivity index is 3.40. The first-order chi connectivity index (χ1) is 6.43. The third kappa shape index (κ3) is 2.14. The summed E-state index contributed by atoms with van der Waals surface area (Å²) in [6.45, 7) is 0. The average Bonchev–Trinajstić information content (AvgIpc) is 2.07. The molecule has 0 saturated carbocycles. The Morgan fingerprint density at radius 1 is 1.57 bits per heavy atom. The second-order valence-electron chi connectivity index (χ2n) is 2.36. The quantitative estimate of drug-likeness (QED) is 0.669. The standard InChI is InChI=1S/C7H4F3IN2O/c8-4-2(6(9)10)1-3(11)13-5(4)7(12)14/h1,6H,(H2,12,14). The molecule has 0 aliphatic rings. The molecule has 0 unspecified atom stereocenters. The van der Waals surface area contributed by atoms with Crippen LogP contribution in [0.4, 0.5) is 13.2 Å². The third-order valence-corrected chi connectivity index (χ3v) is 1.98. The van der Waals surface area contributed by atoms with E-state index in [9.17, 15) is 18.0 Å². The highest BCUT2D eigenvalue weighted by Gasteiger charge is 2.21. The molecule has 0 aromatic carbocycles. The predicted octanol–water partition coefficient (Wildman–Crippen LogP) is 1.86. The zero-order valence-corrected chi connectivity index (χ0v) is 8.76. The summed E-state index contributed by atoms with van der Waals surface area (Å²) in [5.74, 6) is -2.52. The molecule has 2 N–H and O–H groups in total. The monoisotopic (exact) mass is 316 g/mol. The molecule has 1 rings (SSSR count). The van der Waals surface area contributed by atoms with Crippen LogP contribution < -0.4 is 5.73 Å². The van der Waals surface area contributed by atoms with E-state index in [0.29, 0.717) is 0 Å². The number of carbonyl (C=O) groups is 1. The van der Waals surface area contributed by atoms with E-state index in [4.69, 9.17) is 5.73 Å². The second kappa shape index (κ2) is 4.11. The molecular formula is C7H4F3IN2O. The van der Waals surface area contributed by atoms with E-state index < -0.39 is 29.4 Å². The molecule has 1 amide bonds. The largest absolute Gasteiger partial charge is 0.364 e. The Hall–Kier alpha value is -0.860. The number of nitrogens with zero attached hydrogens (tertiary/aromatic N) is 1. The van der Waals surface area contributed by atoms with Gasteiger partial charge in [-0.1, -0.05) is 0 Å². The average molecular weight is 316 g/mol. The van der Waals surface area contributed by atoms with E-state index in [1.165, 1.54) is 0 Å². The number of nitrogens with two attached hydrogens (primary N) is 1. The van der Waals surface area contributed by atoms with Crippen LogP contribution in [0.15, 0.2) is 6.07 Å². The van der Waals surface area contributed by atoms with E-state index in [1.807, 2.05) is 0 Å². The molecule has 7 heteroatoms. The molecule has 76 valence electrons. The Morgan fingerprint density at radius 2 is 2.14 bits per heavy atom. The van der Waals surface area contributed by atoms with Gasteiger partial charge in [0.05, 0.1) is 5.56 Å². The fourth-order valence-electron chi connectivity index (χ4n) is 0.839. The Kier molecular flexibility index (Phi) is 3.29. The van der Waals surface area contributed by atoms with Gasteiger partial charge in [-0.2, -0.15) is 0 Å². The summed E-state index contributed by atoms with van der Waals surface area (Å²) < 4.78 is 37.7. The molecule has 0 saturated heterocycles. The fourth-order valence-corrected chi connectivity index (χ4v) is 1.42. The molecule has 1 aromatic heterocycles. The van der Waals surface area contributed by atoms with Crippen LogP contribution in [-0.4, -0.2) is 10.9 Å². The van der Waals surface area contributed by atoms with Crippen LogP contribution in [0.2, 0.25) is 0 Å². The van der Waals surface area contributed by atoms with E-state index >= 15 is 0 Å². The highest BCUT2D eigenvalue weighted by atomic mass is 127. The van der Waals surface area contributed by atoms with Gasteiger partial charge in [0.1, 0.15) is 3.70 Å². The van der Waals surface area contributed by atoms with Gasteiger partial charge >= 0.3 is 0 Å². The molecule has 0 spiro atoms. The molecule has 0 fully saturated rings. The maximum absolute atomic E-state index is 13.1. The number of hydrogen-bond acceptors (Lipinski definition) is 2. The lowest BCUT2D eigenvalue weighted by atomic mass is 10.2. The first-order valence-corrected chi connectivity index (χ1v) is 4.45. The first kappa shape index (κ1) is 11.2. The second-order valence-corrected chi connectivity index (χ2v) is 3.47. The number of pyridine rings is 1. The minimum atomic E-state index is -3.00. The summed E-state index contributed by atoms with van der Waals surface area (Å²) in [7, 11) is 0. The van der Waals surface area contributed by atoms with Crippen LogP contribution in [0.25, 0.3) is 0 Å². The van der Waals surface area contributed by atoms with Crippen molar-refractivity contribution in [3.8, 4) is 0 Å². The molecule has 1 heterocycles. The molecule has 0 bridgehead atoms. The third-order valence-electron chi connectivity index (χ3n) is 1.42. The summed E-state index contributed by atoms with van der Waals surface area (Å²) in [4.78, 5) is 14.0. The van der Waals surface area contributed by atoms with Crippen molar-refractivity contribution in [2.75, 3.05) is 0 Å². The summed E-state index contributed by atoms with van der Waals surface area (Å²) in [6, 6.07) is 0.868. The minimum absolute atomic E-state index is 0.0908. The first-order valence-electron chi connectivity index (χ1n) is 3.37. The Bertz CT molecular complexity index is 383. The number of alkyl halides is 2. The van der Waals surface area contributed by atoms with Crippen LogP contribution in [0.1, 0.15) is 22.5 Å². The number of amides is 1. The Morgan fingerprint density at radius 3 is 2.57 bits per heavy atom. The van der Waals surface area contributed by atoms with Gasteiger partial charge in [0.25, 0.3) is 12.3 Å². The smallest absolute Gasteiger partial charge is 0.270 e. The van der Waals surface area contributed by atoms with Gasteiger partial charge in [0, 0.05) is 0 Å². The van der Waals surface area contributed by atoms with Crippen LogP contribution in [0.3, 0.4) is 0 Å². The number of carbonyl (C=O) groups excluding carboxylic acids is 1. The molecule has 0 radical (unpaired) electrons. The van der Waals surface area contributed by atoms with E-state index in [-0.39, 0.29) is 3.70 Å². The molecule has 0 aliphatic carbocycles. The van der Waals surface area contributed by atoms with Crippen molar-refractivity contribution in [3.05, 3.63) is 26.8 Å². The molecule has 3 nitrogen and oxygen atoms in total. The number of aromatic nitrogens is 1. The van der Waals surface area contributed by atoms with Crippen molar-refractivity contribution in [2.24, 2.45) is 5.73 Å². The zero-order valence-electron chi connectivity index (χ0n) is 6.60. The van der Waals surface area contributed by atoms with Crippen LogP contribution in [0.5, 0.6) is 0 Å². The molecule has 1 aromatic rings. The maximum Gasteiger partial charge on any atom is 0.270 e. The van der Waals surface area contributed by atoms with E-state index in [0.717, 1.165) is 6.07 Å². The van der Waals surface area contributed by atoms with Gasteiger partial charge in [0.15, 0.2) is 11.5 Å². The maximum atomic E-state index is 13.1. The predicted molar refractivity (Wildman–Crippen MR) is 50.4 cm³/mol. The lowest BCUT2D eigenvalue weighted by Crippen LogP contribution is -2.17. The molecule has 0 atom stereocenters. The van der Waals surface area contributed by atoms with Gasteiger partial charge in [-0.25, -0.2) is 18.2 Å². The van der Waals surface area contributed by atoms with Crippen molar-refractivity contribution >= 4 is 28.5 Å². The van der Waals surface area contributed by atoms with Crippen molar-refractivity contribution in [1.82, 2.24) is 4.98 Å². The zero-order chi connectivity index (χ0) is 10.9. The number of rotatable bonds is 2. The minimum Gasteiger partial charge on any atom is -0.364 e. The van der Waals surface area contributed by atoms with Crippen LogP contribution >= 0.6 is 22.6 Å². The SMILES string of the molecule is NC(=O)c1nc(I)cc(C(F)F)c1F. The summed E-state index contributed by atoms with van der Waals surface area (Å²) in [5, 5.41) is 0. The van der Waals surface area contributed by atoms with Crippen LogP contribution in [0, 0.1) is 9.52 Å². The molecule has 14 heavy (non-hydrogen) atoms. The summed E-state index contributed by atoms with van der Waals surface area (Å²) in [6.07, 6.45) is -3.00. The normalized spacial score (nSPS) is 10.6. The lowest BCUT2D eigenvalue weighted by Gasteiger charge is -2.05. The van der Waals surface area contributed by atoms with Crippen molar-refractivity contribution < 1.29 is 18.0 Å². The van der Waals surface area contributed by atoms with Crippen molar-refractivity contribution in [3.63, 3.8) is 0 Å². The lowest BCUT2D eigenvalue weighted by molar-refractivity contribution is 0.0989. The summed E-state index contributed by atoms with van der Waals surface area (Å²) >= 11 is 1.60. The molecule has 0 aliphatic heterocycles. The van der Waals surface area contributed by atoms with Crippen molar-refractivity contribution in [1.29, 1.82) is 0 Å². The van der Waals surface area contributed by atoms with E-state index in [1.54, 1.807) is 22.6 Å². The number of halogens is 4. The topological polar surface area (TPSA) is 56.0 Å². The molecular weight excluding hydrogens is 312 g/mol. The van der Waals surface area contributed by atoms with Gasteiger partial charge in [-0.05, 0) is 28.7 Å². The number of hydrogen-bond donors (Lipinski definition) is 1.